The van der Waals surface area contributed by atoms with Crippen LogP contribution in [0, 0.1) is 0 Å². The van der Waals surface area contributed by atoms with Gasteiger partial charge >= 0.3 is 0 Å². The lowest BCUT2D eigenvalue weighted by molar-refractivity contribution is 0.501. The fourth-order valence-corrected chi connectivity index (χ4v) is 1.47. The molecule has 0 aromatic carbocycles. The Bertz CT molecular complexity index is 267. The maximum absolute atomic E-state index is 6.04. The maximum atomic E-state index is 6.04. The molecule has 0 bridgehead atoms. The first-order valence-electron chi connectivity index (χ1n) is 5.31. The first kappa shape index (κ1) is 11.2. The van der Waals surface area contributed by atoms with E-state index in [1.54, 1.807) is 6.33 Å². The van der Waals surface area contributed by atoms with Gasteiger partial charge in [-0.15, -0.1) is 10.2 Å². The third-order valence-corrected chi connectivity index (χ3v) is 2.36. The van der Waals surface area contributed by atoms with Crippen LogP contribution in [0.5, 0.6) is 0 Å². The van der Waals surface area contributed by atoms with E-state index in [1.165, 1.54) is 6.42 Å². The van der Waals surface area contributed by atoms with Crippen molar-refractivity contribution in [1.82, 2.24) is 14.8 Å². The number of nitrogens with two attached hydrogens (primary N) is 1. The molecule has 0 aliphatic rings. The first-order valence-corrected chi connectivity index (χ1v) is 5.31. The van der Waals surface area contributed by atoms with Gasteiger partial charge in [-0.1, -0.05) is 19.8 Å². The Balaban J connectivity index is 2.68. The molecule has 1 heterocycles. The number of aromatic nitrogens is 3. The molecule has 14 heavy (non-hydrogen) atoms. The Morgan fingerprint density at radius 1 is 1.50 bits per heavy atom. The largest absolute Gasteiger partial charge is 0.321 e. The molecule has 0 amide bonds. The fourth-order valence-electron chi connectivity index (χ4n) is 1.47. The van der Waals surface area contributed by atoms with Gasteiger partial charge in [-0.2, -0.15) is 0 Å². The fraction of sp³-hybridized carbons (Fsp3) is 0.800. The quantitative estimate of drug-likeness (QED) is 0.784. The second kappa shape index (κ2) is 5.10. The smallest absolute Gasteiger partial charge is 0.150 e. The molecule has 1 rings (SSSR count). The molecule has 0 radical (unpaired) electrons. The van der Waals surface area contributed by atoms with Gasteiger partial charge in [-0.3, -0.25) is 0 Å². The molecule has 80 valence electrons. The van der Waals surface area contributed by atoms with Gasteiger partial charge < -0.3 is 10.3 Å². The summed E-state index contributed by atoms with van der Waals surface area (Å²) in [5, 5.41) is 7.98. The highest BCUT2D eigenvalue weighted by Crippen LogP contribution is 2.17. The molecule has 0 aliphatic carbocycles. The third-order valence-electron chi connectivity index (χ3n) is 2.36. The summed E-state index contributed by atoms with van der Waals surface area (Å²) in [5.41, 5.74) is 6.04. The highest BCUT2D eigenvalue weighted by atomic mass is 15.3. The lowest BCUT2D eigenvalue weighted by Crippen LogP contribution is -2.17. The Morgan fingerprint density at radius 3 is 2.79 bits per heavy atom. The molecule has 0 saturated carbocycles. The van der Waals surface area contributed by atoms with Crippen LogP contribution in [0.4, 0.5) is 0 Å². The maximum Gasteiger partial charge on any atom is 0.150 e. The molecule has 1 aromatic heterocycles. The third kappa shape index (κ3) is 2.54. The molecule has 1 aromatic rings. The van der Waals surface area contributed by atoms with Crippen molar-refractivity contribution in [1.29, 1.82) is 0 Å². The molecule has 1 unspecified atom stereocenters. The Kier molecular flexibility index (Phi) is 4.07. The molecule has 0 spiro atoms. The summed E-state index contributed by atoms with van der Waals surface area (Å²) >= 11 is 0. The van der Waals surface area contributed by atoms with Gasteiger partial charge in [-0.25, -0.2) is 0 Å². The Hall–Kier alpha value is -0.900. The van der Waals surface area contributed by atoms with Gasteiger partial charge in [0.15, 0.2) is 0 Å². The molecule has 1 atom stereocenters. The summed E-state index contributed by atoms with van der Waals surface area (Å²) in [5.74, 6) is 0.911. The van der Waals surface area contributed by atoms with E-state index in [0.717, 1.165) is 18.7 Å². The predicted octanol–water partition coefficient (Wildman–Crippen LogP) is 2.05. The second-order valence-electron chi connectivity index (χ2n) is 3.94. The van der Waals surface area contributed by atoms with E-state index in [2.05, 4.69) is 31.0 Å². The zero-order valence-electron chi connectivity index (χ0n) is 9.27. The molecule has 4 heteroatoms. The molecular formula is C10H20N4. The van der Waals surface area contributed by atoms with Crippen LogP contribution in [0.3, 0.4) is 0 Å². The van der Waals surface area contributed by atoms with E-state index in [-0.39, 0.29) is 6.04 Å². The minimum atomic E-state index is 0.0276. The summed E-state index contributed by atoms with van der Waals surface area (Å²) < 4.78 is 2.04. The van der Waals surface area contributed by atoms with Crippen molar-refractivity contribution in [3.05, 3.63) is 12.2 Å². The molecule has 0 fully saturated rings. The minimum Gasteiger partial charge on any atom is -0.321 e. The van der Waals surface area contributed by atoms with E-state index in [1.807, 2.05) is 4.57 Å². The highest BCUT2D eigenvalue weighted by molar-refractivity contribution is 4.94. The van der Waals surface area contributed by atoms with Gasteiger partial charge in [0.1, 0.15) is 12.2 Å². The van der Waals surface area contributed by atoms with Crippen molar-refractivity contribution >= 4 is 0 Å². The average Bonchev–Trinajstić information content (AvgIpc) is 2.62. The van der Waals surface area contributed by atoms with E-state index in [9.17, 15) is 0 Å². The van der Waals surface area contributed by atoms with E-state index in [4.69, 9.17) is 5.73 Å². The van der Waals surface area contributed by atoms with Crippen LogP contribution in [0.25, 0.3) is 0 Å². The van der Waals surface area contributed by atoms with Crippen molar-refractivity contribution < 1.29 is 0 Å². The molecule has 4 nitrogen and oxygen atoms in total. The second-order valence-corrected chi connectivity index (χ2v) is 3.94. The summed E-state index contributed by atoms with van der Waals surface area (Å²) in [6.07, 6.45) is 5.06. The van der Waals surface area contributed by atoms with Gasteiger partial charge in [0.25, 0.3) is 0 Å². The van der Waals surface area contributed by atoms with Crippen LogP contribution in [0.15, 0.2) is 6.33 Å². The summed E-state index contributed by atoms with van der Waals surface area (Å²) in [6, 6.07) is 0.410. The molecule has 0 aliphatic heterocycles. The summed E-state index contributed by atoms with van der Waals surface area (Å²) in [6.45, 7) is 6.39. The van der Waals surface area contributed by atoms with Crippen molar-refractivity contribution in [2.45, 2.75) is 52.1 Å². The van der Waals surface area contributed by atoms with Gasteiger partial charge in [0.05, 0.1) is 6.04 Å². The number of hydrogen-bond donors (Lipinski definition) is 1. The number of nitrogens with zero attached hydrogens (tertiary/aromatic N) is 3. The zero-order valence-corrected chi connectivity index (χ0v) is 9.27. The van der Waals surface area contributed by atoms with Gasteiger partial charge in [0, 0.05) is 6.04 Å². The van der Waals surface area contributed by atoms with Crippen LogP contribution in [-0.2, 0) is 0 Å². The molecule has 0 saturated heterocycles. The minimum absolute atomic E-state index is 0.0276. The van der Waals surface area contributed by atoms with Crippen LogP contribution >= 0.6 is 0 Å². The SMILES string of the molecule is CCCCC(N)c1nncn1C(C)C. The predicted molar refractivity (Wildman–Crippen MR) is 56.9 cm³/mol. The standard InChI is InChI=1S/C10H20N4/c1-4-5-6-9(11)10-13-12-7-14(10)8(2)3/h7-9H,4-6,11H2,1-3H3. The lowest BCUT2D eigenvalue weighted by Gasteiger charge is -2.14. The van der Waals surface area contributed by atoms with Crippen LogP contribution in [-0.4, -0.2) is 14.8 Å². The van der Waals surface area contributed by atoms with E-state index >= 15 is 0 Å². The Morgan fingerprint density at radius 2 is 2.21 bits per heavy atom. The van der Waals surface area contributed by atoms with Gasteiger partial charge in [-0.05, 0) is 20.3 Å². The molecule has 2 N–H and O–H groups in total. The van der Waals surface area contributed by atoms with Crippen LogP contribution < -0.4 is 5.73 Å². The van der Waals surface area contributed by atoms with Crippen LogP contribution in [0.1, 0.15) is 57.9 Å². The number of rotatable bonds is 5. The lowest BCUT2D eigenvalue weighted by atomic mass is 10.1. The highest BCUT2D eigenvalue weighted by Gasteiger charge is 2.14. The van der Waals surface area contributed by atoms with Crippen molar-refractivity contribution in [2.75, 3.05) is 0 Å². The Labute approximate surface area is 85.5 Å². The van der Waals surface area contributed by atoms with Crippen molar-refractivity contribution in [3.63, 3.8) is 0 Å². The van der Waals surface area contributed by atoms with Crippen LogP contribution in [0.2, 0.25) is 0 Å². The average molecular weight is 196 g/mol. The van der Waals surface area contributed by atoms with Gasteiger partial charge in [0.2, 0.25) is 0 Å². The zero-order chi connectivity index (χ0) is 10.6. The van der Waals surface area contributed by atoms with Crippen molar-refractivity contribution in [2.24, 2.45) is 5.73 Å². The number of hydrogen-bond acceptors (Lipinski definition) is 3. The normalized spacial score (nSPS) is 13.5. The number of unbranched alkanes of at least 4 members (excludes halogenated alkanes) is 1. The first-order chi connectivity index (χ1) is 6.66. The summed E-state index contributed by atoms with van der Waals surface area (Å²) in [4.78, 5) is 0. The van der Waals surface area contributed by atoms with E-state index in [0.29, 0.717) is 6.04 Å². The topological polar surface area (TPSA) is 56.7 Å². The summed E-state index contributed by atoms with van der Waals surface area (Å²) in [7, 11) is 0. The van der Waals surface area contributed by atoms with E-state index < -0.39 is 0 Å². The van der Waals surface area contributed by atoms with Crippen molar-refractivity contribution in [3.8, 4) is 0 Å². The molecular weight excluding hydrogens is 176 g/mol. The monoisotopic (exact) mass is 196 g/mol.